The summed E-state index contributed by atoms with van der Waals surface area (Å²) in [7, 11) is 4.57. The van der Waals surface area contributed by atoms with E-state index in [0.717, 1.165) is 84.2 Å². The topological polar surface area (TPSA) is 142 Å². The minimum atomic E-state index is 0. The first-order valence-corrected chi connectivity index (χ1v) is 26.0. The number of nitrogens with zero attached hydrogens (tertiary/aromatic N) is 11. The van der Waals surface area contributed by atoms with E-state index in [2.05, 4.69) is 132 Å². The molecule has 0 radical (unpaired) electrons. The molecule has 0 saturated carbocycles. The Bertz CT molecular complexity index is 3550. The van der Waals surface area contributed by atoms with Crippen molar-refractivity contribution in [2.24, 2.45) is 0 Å². The smallest absolute Gasteiger partial charge is 0.0964 e. The van der Waals surface area contributed by atoms with Crippen molar-refractivity contribution in [2.75, 3.05) is 0 Å². The third-order valence-electron chi connectivity index (χ3n) is 11.3. The molecule has 0 saturated heterocycles. The molecule has 14 heteroatoms. The van der Waals surface area contributed by atoms with Gasteiger partial charge in [-0.2, -0.15) is 0 Å². The summed E-state index contributed by atoms with van der Waals surface area (Å²) in [6.45, 7) is 4.10. The van der Waals surface area contributed by atoms with E-state index in [1.165, 1.54) is 22.3 Å². The number of rotatable bonds is 5. The van der Waals surface area contributed by atoms with Crippen LogP contribution in [-0.2, 0) is 43.2 Å². The number of halogens is 1. The van der Waals surface area contributed by atoms with E-state index in [1.807, 2.05) is 164 Å². The molecule has 0 N–H and O–H groups in total. The van der Waals surface area contributed by atoms with Crippen molar-refractivity contribution >= 4 is 53.3 Å². The van der Waals surface area contributed by atoms with Crippen molar-refractivity contribution in [1.82, 2.24) is 54.8 Å². The molecule has 0 amide bonds. The summed E-state index contributed by atoms with van der Waals surface area (Å²) in [6.07, 6.45) is 22.5. The van der Waals surface area contributed by atoms with E-state index in [4.69, 9.17) is 0 Å². The van der Waals surface area contributed by atoms with Crippen molar-refractivity contribution in [3.8, 4) is 34.2 Å². The number of benzene rings is 2. The molecule has 13 rings (SSSR count). The van der Waals surface area contributed by atoms with Gasteiger partial charge in [0.1, 0.15) is 0 Å². The van der Waals surface area contributed by atoms with E-state index in [-0.39, 0.29) is 19.5 Å². The Balaban J connectivity index is 0.000000140. The van der Waals surface area contributed by atoms with Gasteiger partial charge in [0, 0.05) is 115 Å². The Labute approximate surface area is 468 Å². The largest absolute Gasteiger partial charge is 0.255 e. The number of hydrogen-bond donors (Lipinski definition) is 0. The zero-order chi connectivity index (χ0) is 51.9. The molecule has 0 fully saturated rings. The average Bonchev–Trinajstić information content (AvgIpc) is 3.50. The Hall–Kier alpha value is -8.33. The summed E-state index contributed by atoms with van der Waals surface area (Å²) in [4.78, 5) is 47.3. The van der Waals surface area contributed by atoms with Crippen LogP contribution in [-0.4, -0.2) is 54.8 Å². The average molecular weight is 1190 g/mol. The van der Waals surface area contributed by atoms with Gasteiger partial charge in [0.2, 0.25) is 0 Å². The van der Waals surface area contributed by atoms with Gasteiger partial charge in [0.15, 0.2) is 0 Å². The maximum Gasteiger partial charge on any atom is 0.0964 e. The summed E-state index contributed by atoms with van der Waals surface area (Å²) >= 11 is 1.82. The molecule has 0 spiro atoms. The first kappa shape index (κ1) is 55.4. The zero-order valence-corrected chi connectivity index (χ0v) is 45.6. The number of aromatic nitrogens is 11. The second-order valence-electron chi connectivity index (χ2n) is 16.6. The first-order chi connectivity index (χ1) is 37.0. The summed E-state index contributed by atoms with van der Waals surface area (Å²) in [5.41, 5.74) is 14.1. The van der Waals surface area contributed by atoms with Gasteiger partial charge in [-0.3, -0.25) is 49.8 Å². The van der Waals surface area contributed by atoms with Gasteiger partial charge in [-0.05, 0) is 152 Å². The van der Waals surface area contributed by atoms with Crippen LogP contribution < -0.4 is 0 Å². The summed E-state index contributed by atoms with van der Waals surface area (Å²) in [6, 6.07) is 58.0. The zero-order valence-electron chi connectivity index (χ0n) is 41.4. The number of pyridine rings is 11. The number of fused-ring (bicyclic) bond motifs is 6. The van der Waals surface area contributed by atoms with E-state index < -0.39 is 0 Å². The van der Waals surface area contributed by atoms with Gasteiger partial charge < -0.3 is 0 Å². The first-order valence-electron chi connectivity index (χ1n) is 23.8. The SMILES string of the molecule is Cc1ccnc(-c2cc(Cc3ccncc3)ccn2)c1.Cc1ccncc1.[Cl][Ru].[Ru].c1ccc(-c2cccc(-c3ccccn3)n2)nc1.c1cnc2c(c1)ccc1cccnc12.c1cnc2c(c1)ccc1cccnc12. The van der Waals surface area contributed by atoms with Gasteiger partial charge in [-0.1, -0.05) is 66.7 Å². The monoisotopic (exact) mass is 1190 g/mol. The summed E-state index contributed by atoms with van der Waals surface area (Å²) in [5.74, 6) is 0. The molecular formula is C62H49ClN11Ru2. The maximum atomic E-state index is 4.59. The van der Waals surface area contributed by atoms with E-state index in [0.29, 0.717) is 0 Å². The molecule has 11 heterocycles. The fourth-order valence-electron chi connectivity index (χ4n) is 7.67. The summed E-state index contributed by atoms with van der Waals surface area (Å²) in [5, 5.41) is 4.55. The van der Waals surface area contributed by atoms with Gasteiger partial charge >= 0.3 is 27.0 Å². The fraction of sp³-hybridized carbons (Fsp3) is 0.0484. The van der Waals surface area contributed by atoms with Crippen LogP contribution in [0.15, 0.2) is 250 Å². The molecule has 11 nitrogen and oxygen atoms in total. The predicted octanol–water partition coefficient (Wildman–Crippen LogP) is 14.3. The quantitative estimate of drug-likeness (QED) is 0.120. The van der Waals surface area contributed by atoms with Crippen LogP contribution in [0.1, 0.15) is 22.3 Å². The molecule has 13 aromatic rings. The Morgan fingerprint density at radius 1 is 0.303 bits per heavy atom. The normalized spacial score (nSPS) is 10.1. The van der Waals surface area contributed by atoms with Crippen molar-refractivity contribution in [3.63, 3.8) is 0 Å². The van der Waals surface area contributed by atoms with E-state index in [9.17, 15) is 0 Å². The second-order valence-corrected chi connectivity index (χ2v) is 16.6. The third-order valence-corrected chi connectivity index (χ3v) is 11.3. The molecule has 2 aromatic carbocycles. The van der Waals surface area contributed by atoms with Crippen LogP contribution in [0.3, 0.4) is 0 Å². The van der Waals surface area contributed by atoms with Crippen LogP contribution in [0.4, 0.5) is 0 Å². The molecule has 76 heavy (non-hydrogen) atoms. The molecule has 0 unspecified atom stereocenters. The minimum absolute atomic E-state index is 0. The second kappa shape index (κ2) is 29.5. The molecule has 0 aliphatic carbocycles. The van der Waals surface area contributed by atoms with Crippen molar-refractivity contribution in [1.29, 1.82) is 0 Å². The molecule has 0 bridgehead atoms. The summed E-state index contributed by atoms with van der Waals surface area (Å²) < 4.78 is 0. The number of hydrogen-bond acceptors (Lipinski definition) is 11. The molecule has 11 aromatic heterocycles. The molecule has 375 valence electrons. The Morgan fingerprint density at radius 2 is 0.671 bits per heavy atom. The number of aryl methyl sites for hydroxylation is 2. The van der Waals surface area contributed by atoms with Crippen LogP contribution in [0, 0.1) is 13.8 Å². The van der Waals surface area contributed by atoms with Gasteiger partial charge in [0.05, 0.1) is 56.2 Å². The predicted molar refractivity (Wildman–Crippen MR) is 299 cm³/mol. The molecule has 0 aliphatic heterocycles. The maximum absolute atomic E-state index is 4.59. The third kappa shape index (κ3) is 15.8. The minimum Gasteiger partial charge on any atom is -0.255 e. The van der Waals surface area contributed by atoms with Gasteiger partial charge in [-0.25, -0.2) is 4.98 Å². The van der Waals surface area contributed by atoms with Crippen LogP contribution in [0.2, 0.25) is 0 Å². The molecular weight excluding hydrogens is 1140 g/mol. The van der Waals surface area contributed by atoms with Gasteiger partial charge in [0.25, 0.3) is 0 Å². The van der Waals surface area contributed by atoms with Crippen molar-refractivity contribution in [2.45, 2.75) is 20.3 Å². The standard InChI is InChI=1S/C17H15N3.C15H11N3.2C12H8N2.C6H7N.ClH.2Ru/c1-13-2-8-19-16(10-13)17-12-15(5-9-20-17)11-14-3-6-18-7-4-14;1-3-10-16-12(6-1)14-8-5-9-15(18-14)13-7-2-4-11-17-13;2*1-3-9-5-6-10-4-2-8-14-12(10)11(9)13-7-1;1-6-2-4-7-5-3-6;;;/h2-10,12H,11H2,1H3;1-11H;2*1-8H;2-5H,1H3;1H;;/q;;;;;;;+1/p-1. The Kier molecular flexibility index (Phi) is 21.5. The fourth-order valence-corrected chi connectivity index (χ4v) is 7.67. The van der Waals surface area contributed by atoms with Crippen molar-refractivity contribution < 1.29 is 36.8 Å². The molecule has 0 aliphatic rings. The van der Waals surface area contributed by atoms with Crippen molar-refractivity contribution in [3.05, 3.63) is 273 Å². The van der Waals surface area contributed by atoms with E-state index >= 15 is 0 Å². The molecule has 0 atom stereocenters. The van der Waals surface area contributed by atoms with Crippen LogP contribution >= 0.6 is 9.69 Å². The van der Waals surface area contributed by atoms with Gasteiger partial charge in [-0.15, -0.1) is 0 Å². The Morgan fingerprint density at radius 3 is 1.08 bits per heavy atom. The van der Waals surface area contributed by atoms with Crippen LogP contribution in [0.5, 0.6) is 0 Å². The van der Waals surface area contributed by atoms with E-state index in [1.54, 1.807) is 49.6 Å². The van der Waals surface area contributed by atoms with Crippen LogP contribution in [0.25, 0.3) is 77.8 Å².